The molecule has 3 heterocycles. The van der Waals surface area contributed by atoms with Crippen LogP contribution in [-0.4, -0.2) is 44.9 Å². The number of aryl methyl sites for hydroxylation is 2. The summed E-state index contributed by atoms with van der Waals surface area (Å²) in [4.78, 5) is 24.8. The highest BCUT2D eigenvalue weighted by Gasteiger charge is 2.16. The van der Waals surface area contributed by atoms with Crippen LogP contribution >= 0.6 is 0 Å². The van der Waals surface area contributed by atoms with E-state index in [1.807, 2.05) is 32.0 Å². The van der Waals surface area contributed by atoms with Crippen molar-refractivity contribution in [3.8, 4) is 6.07 Å². The molecule has 0 fully saturated rings. The van der Waals surface area contributed by atoms with E-state index in [0.717, 1.165) is 17.0 Å². The van der Waals surface area contributed by atoms with Gasteiger partial charge in [0.15, 0.2) is 5.65 Å². The molecule has 3 aromatic heterocycles. The van der Waals surface area contributed by atoms with Gasteiger partial charge >= 0.3 is 5.69 Å². The fourth-order valence-corrected chi connectivity index (χ4v) is 3.89. The van der Waals surface area contributed by atoms with Gasteiger partial charge in [-0.05, 0) is 57.0 Å². The number of hydrogen-bond acceptors (Lipinski definition) is 5. The first-order valence-corrected chi connectivity index (χ1v) is 10.5. The first kappa shape index (κ1) is 23.0. The topological polar surface area (TPSA) is 106 Å². The minimum atomic E-state index is -0.440. The second-order valence-corrected chi connectivity index (χ2v) is 7.71. The number of methoxy groups -OCH3 is 1. The second kappa shape index (κ2) is 10.1. The normalized spacial score (nSPS) is 12.7. The van der Waals surface area contributed by atoms with Gasteiger partial charge in [-0.1, -0.05) is 6.07 Å². The molecule has 9 heteroatoms. The fraction of sp³-hybridized carbons (Fsp3) is 0.391. The van der Waals surface area contributed by atoms with E-state index in [1.54, 1.807) is 31.5 Å². The molecule has 0 spiro atoms. The van der Waals surface area contributed by atoms with Crippen molar-refractivity contribution in [2.45, 2.75) is 39.8 Å². The third-order valence-electron chi connectivity index (χ3n) is 5.36. The number of ether oxygens (including phenoxy) is 1. The van der Waals surface area contributed by atoms with Crippen LogP contribution in [0, 0.1) is 25.2 Å². The van der Waals surface area contributed by atoms with Crippen molar-refractivity contribution in [2.24, 2.45) is 0 Å². The Labute approximate surface area is 186 Å². The fourth-order valence-electron chi connectivity index (χ4n) is 3.89. The van der Waals surface area contributed by atoms with Gasteiger partial charge in [0.05, 0.1) is 12.6 Å². The summed E-state index contributed by atoms with van der Waals surface area (Å²) < 4.78 is 10.2. The Hall–Kier alpha value is -3.64. The lowest BCUT2D eigenvalue weighted by Gasteiger charge is -2.17. The van der Waals surface area contributed by atoms with E-state index in [0.29, 0.717) is 31.8 Å². The van der Waals surface area contributed by atoms with Crippen molar-refractivity contribution >= 4 is 17.6 Å². The van der Waals surface area contributed by atoms with E-state index in [2.05, 4.69) is 21.9 Å². The van der Waals surface area contributed by atoms with E-state index in [4.69, 9.17) is 4.74 Å². The number of rotatable bonds is 9. The summed E-state index contributed by atoms with van der Waals surface area (Å²) in [5, 5.41) is 16.5. The van der Waals surface area contributed by atoms with Gasteiger partial charge in [0.25, 0.3) is 5.91 Å². The Bertz CT molecular complexity index is 1240. The zero-order chi connectivity index (χ0) is 23.3. The number of carbonyl (C=O) groups is 1. The molecule has 0 saturated carbocycles. The zero-order valence-corrected chi connectivity index (χ0v) is 18.8. The second-order valence-electron chi connectivity index (χ2n) is 7.71. The first-order valence-electron chi connectivity index (χ1n) is 10.5. The van der Waals surface area contributed by atoms with Crippen LogP contribution in [0.5, 0.6) is 0 Å². The van der Waals surface area contributed by atoms with Crippen LogP contribution in [0.3, 0.4) is 0 Å². The molecule has 0 aliphatic rings. The lowest BCUT2D eigenvalue weighted by Crippen LogP contribution is -2.28. The number of carbonyl (C=O) groups excluding carboxylic acids is 1. The molecule has 0 aliphatic carbocycles. The summed E-state index contributed by atoms with van der Waals surface area (Å²) in [6, 6.07) is 9.44. The number of amides is 1. The lowest BCUT2D eigenvalue weighted by atomic mass is 10.1. The van der Waals surface area contributed by atoms with Crippen LogP contribution < -0.4 is 11.0 Å². The van der Waals surface area contributed by atoms with E-state index in [1.165, 1.54) is 9.08 Å². The number of hydrogen-bond donors (Lipinski definition) is 1. The third kappa shape index (κ3) is 4.81. The van der Waals surface area contributed by atoms with Gasteiger partial charge in [0.1, 0.15) is 11.6 Å². The monoisotopic (exact) mass is 436 g/mol. The number of fused-ring (bicyclic) bond motifs is 1. The SMILES string of the molecule is COCC(C)n1c(C)cc(/C=C(\C#N)C(=O)NCCCn2nc3ccccn3c2=O)c1C. The highest BCUT2D eigenvalue weighted by atomic mass is 16.5. The number of aromatic nitrogens is 4. The van der Waals surface area contributed by atoms with Gasteiger partial charge in [0, 0.05) is 37.8 Å². The third-order valence-corrected chi connectivity index (χ3v) is 5.36. The summed E-state index contributed by atoms with van der Waals surface area (Å²) in [7, 11) is 1.66. The molecule has 168 valence electrons. The van der Waals surface area contributed by atoms with Gasteiger partial charge in [-0.2, -0.15) is 5.26 Å². The molecular weight excluding hydrogens is 408 g/mol. The van der Waals surface area contributed by atoms with Crippen molar-refractivity contribution < 1.29 is 9.53 Å². The maximum absolute atomic E-state index is 12.5. The van der Waals surface area contributed by atoms with Gasteiger partial charge in [-0.3, -0.25) is 9.20 Å². The smallest absolute Gasteiger partial charge is 0.350 e. The molecule has 1 atom stereocenters. The molecule has 1 amide bonds. The van der Waals surface area contributed by atoms with Crippen LogP contribution in [0.25, 0.3) is 11.7 Å². The quantitative estimate of drug-likeness (QED) is 0.315. The molecule has 9 nitrogen and oxygen atoms in total. The standard InChI is InChI=1S/C23H28N6O3/c1-16-12-19(18(3)29(16)17(2)15-32-4)13-20(14-24)22(30)25-9-7-11-28-23(31)27-10-6-5-8-21(27)26-28/h5-6,8,10,12-13,17H,7,9,11,15H2,1-4H3,(H,25,30)/b20-13+. The molecule has 3 aromatic rings. The molecule has 1 unspecified atom stereocenters. The largest absolute Gasteiger partial charge is 0.383 e. The molecule has 32 heavy (non-hydrogen) atoms. The maximum Gasteiger partial charge on any atom is 0.350 e. The van der Waals surface area contributed by atoms with Crippen LogP contribution in [0.4, 0.5) is 0 Å². The molecule has 0 saturated heterocycles. The van der Waals surface area contributed by atoms with Crippen LogP contribution in [0.15, 0.2) is 40.8 Å². The number of nitriles is 1. The predicted octanol–water partition coefficient (Wildman–Crippen LogP) is 2.24. The molecule has 3 rings (SSSR count). The lowest BCUT2D eigenvalue weighted by molar-refractivity contribution is -0.117. The Morgan fingerprint density at radius 3 is 2.84 bits per heavy atom. The van der Waals surface area contributed by atoms with E-state index in [9.17, 15) is 14.9 Å². The van der Waals surface area contributed by atoms with E-state index < -0.39 is 5.91 Å². The first-order chi connectivity index (χ1) is 15.4. The van der Waals surface area contributed by atoms with Gasteiger partial charge in [-0.25, -0.2) is 9.48 Å². The van der Waals surface area contributed by atoms with Crippen LogP contribution in [-0.2, 0) is 16.1 Å². The zero-order valence-electron chi connectivity index (χ0n) is 18.8. The minimum absolute atomic E-state index is 0.0366. The Kier molecular flexibility index (Phi) is 7.28. The van der Waals surface area contributed by atoms with Crippen molar-refractivity contribution in [1.82, 2.24) is 24.1 Å². The Balaban J connectivity index is 1.63. The van der Waals surface area contributed by atoms with Crippen molar-refractivity contribution in [3.63, 3.8) is 0 Å². The van der Waals surface area contributed by atoms with Gasteiger partial charge in [0.2, 0.25) is 0 Å². The molecule has 1 N–H and O–H groups in total. The molecule has 0 bridgehead atoms. The maximum atomic E-state index is 12.5. The summed E-state index contributed by atoms with van der Waals surface area (Å²) in [5.74, 6) is -0.440. The Morgan fingerprint density at radius 2 is 2.16 bits per heavy atom. The van der Waals surface area contributed by atoms with Crippen LogP contribution in [0.1, 0.15) is 36.3 Å². The summed E-state index contributed by atoms with van der Waals surface area (Å²) >= 11 is 0. The molecular formula is C23H28N6O3. The van der Waals surface area contributed by atoms with Crippen LogP contribution in [0.2, 0.25) is 0 Å². The number of nitrogens with zero attached hydrogens (tertiary/aromatic N) is 5. The minimum Gasteiger partial charge on any atom is -0.383 e. The summed E-state index contributed by atoms with van der Waals surface area (Å²) in [5.41, 5.74) is 3.23. The average Bonchev–Trinajstić information content (AvgIpc) is 3.24. The van der Waals surface area contributed by atoms with Crippen molar-refractivity contribution in [1.29, 1.82) is 5.26 Å². The molecule has 0 radical (unpaired) electrons. The van der Waals surface area contributed by atoms with Gasteiger partial charge in [-0.15, -0.1) is 5.10 Å². The summed E-state index contributed by atoms with van der Waals surface area (Å²) in [6.07, 6.45) is 3.79. The average molecular weight is 437 g/mol. The van der Waals surface area contributed by atoms with Crippen molar-refractivity contribution in [3.05, 3.63) is 63.5 Å². The Morgan fingerprint density at radius 1 is 1.38 bits per heavy atom. The highest BCUT2D eigenvalue weighted by molar-refractivity contribution is 6.01. The van der Waals surface area contributed by atoms with Crippen molar-refractivity contribution in [2.75, 3.05) is 20.3 Å². The highest BCUT2D eigenvalue weighted by Crippen LogP contribution is 2.22. The van der Waals surface area contributed by atoms with E-state index in [-0.39, 0.29) is 17.3 Å². The molecule has 0 aliphatic heterocycles. The van der Waals surface area contributed by atoms with Gasteiger partial charge < -0.3 is 14.6 Å². The summed E-state index contributed by atoms with van der Waals surface area (Å²) in [6.45, 7) is 7.27. The van der Waals surface area contributed by atoms with E-state index >= 15 is 0 Å². The molecule has 0 aromatic carbocycles. The predicted molar refractivity (Wildman–Crippen MR) is 121 cm³/mol. The number of nitrogens with one attached hydrogen (secondary N) is 1. The number of pyridine rings is 1.